The number of carbonyl (C=O) groups is 1. The number of benzene rings is 1. The van der Waals surface area contributed by atoms with Crippen molar-refractivity contribution in [1.82, 2.24) is 24.8 Å². The molecule has 2 N–H and O–H groups in total. The average molecular weight is 323 g/mol. The molecule has 0 bridgehead atoms. The van der Waals surface area contributed by atoms with E-state index in [9.17, 15) is 9.59 Å². The molecule has 1 aromatic carbocycles. The van der Waals surface area contributed by atoms with Gasteiger partial charge in [-0.2, -0.15) is 5.10 Å². The first-order valence-corrected chi connectivity index (χ1v) is 7.39. The van der Waals surface area contributed by atoms with Crippen LogP contribution in [0.3, 0.4) is 0 Å². The number of nitrogens with one attached hydrogen (secondary N) is 2. The van der Waals surface area contributed by atoms with Gasteiger partial charge < -0.3 is 4.74 Å². The molecule has 8 heteroatoms. The monoisotopic (exact) mass is 323 g/mol. The van der Waals surface area contributed by atoms with E-state index in [0.717, 1.165) is 16.5 Å². The summed E-state index contributed by atoms with van der Waals surface area (Å²) in [6.45, 7) is 1.97. The SMILES string of the molecule is CCOC(=O)c1c[nH]n2c(=O)cc(-c3ccc4[nH]ncc4c3)nc12. The quantitative estimate of drug-likeness (QED) is 0.559. The van der Waals surface area contributed by atoms with E-state index in [4.69, 9.17) is 4.74 Å². The minimum Gasteiger partial charge on any atom is -0.462 e. The molecule has 0 aliphatic rings. The Hall–Kier alpha value is -3.42. The lowest BCUT2D eigenvalue weighted by molar-refractivity contribution is 0.0528. The number of rotatable bonds is 3. The molecular formula is C16H13N5O3. The van der Waals surface area contributed by atoms with Crippen LogP contribution in [0.1, 0.15) is 17.3 Å². The van der Waals surface area contributed by atoms with Crippen molar-refractivity contribution in [3.8, 4) is 11.3 Å². The summed E-state index contributed by atoms with van der Waals surface area (Å²) in [6, 6.07) is 7.01. The van der Waals surface area contributed by atoms with Crippen LogP contribution < -0.4 is 5.56 Å². The summed E-state index contributed by atoms with van der Waals surface area (Å²) >= 11 is 0. The lowest BCUT2D eigenvalue weighted by Gasteiger charge is -2.03. The third-order valence-corrected chi connectivity index (χ3v) is 3.73. The van der Waals surface area contributed by atoms with Crippen molar-refractivity contribution in [2.45, 2.75) is 6.92 Å². The normalized spacial score (nSPS) is 11.2. The van der Waals surface area contributed by atoms with Gasteiger partial charge in [-0.1, -0.05) is 6.07 Å². The molecule has 8 nitrogen and oxygen atoms in total. The molecule has 0 saturated carbocycles. The van der Waals surface area contributed by atoms with Crippen molar-refractivity contribution in [3.05, 3.63) is 52.6 Å². The zero-order valence-electron chi connectivity index (χ0n) is 12.7. The molecule has 3 heterocycles. The number of esters is 1. The van der Waals surface area contributed by atoms with Crippen molar-refractivity contribution >= 4 is 22.5 Å². The molecule has 4 rings (SSSR count). The highest BCUT2D eigenvalue weighted by Crippen LogP contribution is 2.22. The Balaban J connectivity index is 1.91. The molecule has 3 aromatic heterocycles. The number of aromatic amines is 2. The number of hydrogen-bond donors (Lipinski definition) is 2. The Bertz CT molecular complexity index is 1120. The maximum absolute atomic E-state index is 12.3. The Kier molecular flexibility index (Phi) is 3.16. The van der Waals surface area contributed by atoms with Crippen LogP contribution in [-0.4, -0.2) is 37.4 Å². The molecule has 0 aliphatic heterocycles. The van der Waals surface area contributed by atoms with E-state index in [1.54, 1.807) is 13.1 Å². The van der Waals surface area contributed by atoms with E-state index in [1.165, 1.54) is 16.8 Å². The van der Waals surface area contributed by atoms with E-state index in [2.05, 4.69) is 20.3 Å². The first-order chi connectivity index (χ1) is 11.7. The van der Waals surface area contributed by atoms with Crippen LogP contribution in [0, 0.1) is 0 Å². The zero-order valence-corrected chi connectivity index (χ0v) is 12.7. The van der Waals surface area contributed by atoms with E-state index in [-0.39, 0.29) is 23.4 Å². The van der Waals surface area contributed by atoms with Crippen LogP contribution >= 0.6 is 0 Å². The predicted octanol–water partition coefficient (Wildman–Crippen LogP) is 1.74. The fourth-order valence-corrected chi connectivity index (χ4v) is 2.59. The van der Waals surface area contributed by atoms with Gasteiger partial charge in [0.2, 0.25) is 0 Å². The number of carbonyl (C=O) groups excluding carboxylic acids is 1. The van der Waals surface area contributed by atoms with E-state index < -0.39 is 5.97 Å². The first-order valence-electron chi connectivity index (χ1n) is 7.39. The smallest absolute Gasteiger partial charge is 0.343 e. The molecular weight excluding hydrogens is 310 g/mol. The van der Waals surface area contributed by atoms with Gasteiger partial charge >= 0.3 is 5.97 Å². The molecule has 24 heavy (non-hydrogen) atoms. The summed E-state index contributed by atoms with van der Waals surface area (Å²) in [5, 5.41) is 10.5. The second-order valence-corrected chi connectivity index (χ2v) is 5.22. The van der Waals surface area contributed by atoms with Gasteiger partial charge in [0.15, 0.2) is 5.65 Å². The lowest BCUT2D eigenvalue weighted by atomic mass is 10.1. The molecule has 0 saturated heterocycles. The summed E-state index contributed by atoms with van der Waals surface area (Å²) in [5.41, 5.74) is 2.29. The molecule has 4 aromatic rings. The molecule has 0 spiro atoms. The third kappa shape index (κ3) is 2.16. The van der Waals surface area contributed by atoms with Crippen LogP contribution in [0.15, 0.2) is 41.5 Å². The molecule has 0 unspecified atom stereocenters. The Labute approximate surface area is 135 Å². The summed E-state index contributed by atoms with van der Waals surface area (Å²) in [4.78, 5) is 28.8. The number of hydrogen-bond acceptors (Lipinski definition) is 5. The molecule has 0 radical (unpaired) electrons. The molecule has 0 aliphatic carbocycles. The lowest BCUT2D eigenvalue weighted by Crippen LogP contribution is -2.15. The van der Waals surface area contributed by atoms with Crippen molar-refractivity contribution in [2.75, 3.05) is 6.61 Å². The number of fused-ring (bicyclic) bond motifs is 2. The summed E-state index contributed by atoms with van der Waals surface area (Å²) in [5.74, 6) is -0.523. The van der Waals surface area contributed by atoms with Crippen LogP contribution in [0.2, 0.25) is 0 Å². The highest BCUT2D eigenvalue weighted by molar-refractivity contribution is 5.96. The fraction of sp³-hybridized carbons (Fsp3) is 0.125. The minimum absolute atomic E-state index is 0.222. The Morgan fingerprint density at radius 2 is 2.21 bits per heavy atom. The zero-order chi connectivity index (χ0) is 16.7. The topological polar surface area (TPSA) is 105 Å². The summed E-state index contributed by atoms with van der Waals surface area (Å²) in [7, 11) is 0. The van der Waals surface area contributed by atoms with Gasteiger partial charge in [-0.05, 0) is 19.1 Å². The van der Waals surface area contributed by atoms with Crippen LogP contribution in [0.25, 0.3) is 27.8 Å². The molecule has 0 amide bonds. The van der Waals surface area contributed by atoms with Crippen molar-refractivity contribution in [2.24, 2.45) is 0 Å². The standard InChI is InChI=1S/C16H13N5O3/c1-2-24-16(23)11-8-18-21-14(22)6-13(19-15(11)21)9-3-4-12-10(5-9)7-17-20-12/h3-8,18H,2H2,1H3,(H,17,20). The highest BCUT2D eigenvalue weighted by Gasteiger charge is 2.17. The van der Waals surface area contributed by atoms with Crippen LogP contribution in [0.4, 0.5) is 0 Å². The van der Waals surface area contributed by atoms with E-state index in [1.807, 2.05) is 18.2 Å². The number of ether oxygens (including phenoxy) is 1. The largest absolute Gasteiger partial charge is 0.462 e. The maximum atomic E-state index is 12.3. The second-order valence-electron chi connectivity index (χ2n) is 5.22. The number of nitrogens with zero attached hydrogens (tertiary/aromatic N) is 3. The highest BCUT2D eigenvalue weighted by atomic mass is 16.5. The number of H-pyrrole nitrogens is 2. The second kappa shape index (κ2) is 5.34. The summed E-state index contributed by atoms with van der Waals surface area (Å²) < 4.78 is 6.21. The van der Waals surface area contributed by atoms with Crippen LogP contribution in [0.5, 0.6) is 0 Å². The first kappa shape index (κ1) is 14.2. The van der Waals surface area contributed by atoms with Crippen LogP contribution in [-0.2, 0) is 4.74 Å². The molecule has 120 valence electrons. The Morgan fingerprint density at radius 1 is 1.33 bits per heavy atom. The van der Waals surface area contributed by atoms with E-state index in [0.29, 0.717) is 5.69 Å². The third-order valence-electron chi connectivity index (χ3n) is 3.73. The van der Waals surface area contributed by atoms with Gasteiger partial charge in [0.1, 0.15) is 5.56 Å². The number of aromatic nitrogens is 5. The van der Waals surface area contributed by atoms with Gasteiger partial charge in [0.05, 0.1) is 24.0 Å². The van der Waals surface area contributed by atoms with Gasteiger partial charge in [-0.25, -0.2) is 14.3 Å². The van der Waals surface area contributed by atoms with Crippen molar-refractivity contribution < 1.29 is 9.53 Å². The van der Waals surface area contributed by atoms with Crippen molar-refractivity contribution in [3.63, 3.8) is 0 Å². The molecule has 0 atom stereocenters. The van der Waals surface area contributed by atoms with Gasteiger partial charge in [-0.3, -0.25) is 15.0 Å². The van der Waals surface area contributed by atoms with Gasteiger partial charge in [0, 0.05) is 23.2 Å². The van der Waals surface area contributed by atoms with Gasteiger partial charge in [-0.15, -0.1) is 0 Å². The van der Waals surface area contributed by atoms with E-state index >= 15 is 0 Å². The summed E-state index contributed by atoms with van der Waals surface area (Å²) in [6.07, 6.45) is 3.12. The maximum Gasteiger partial charge on any atom is 0.343 e. The minimum atomic E-state index is -0.523. The predicted molar refractivity (Wildman–Crippen MR) is 86.9 cm³/mol. The fourth-order valence-electron chi connectivity index (χ4n) is 2.59. The van der Waals surface area contributed by atoms with Crippen molar-refractivity contribution in [1.29, 1.82) is 0 Å². The average Bonchev–Trinajstić information content (AvgIpc) is 3.21. The van der Waals surface area contributed by atoms with Gasteiger partial charge in [0.25, 0.3) is 5.56 Å². The molecule has 0 fully saturated rings. The Morgan fingerprint density at radius 3 is 3.04 bits per heavy atom.